The Morgan fingerprint density at radius 1 is 1.37 bits per heavy atom. The number of rotatable bonds is 6. The number of carbonyl (C=O) groups is 1. The summed E-state index contributed by atoms with van der Waals surface area (Å²) in [5.41, 5.74) is 2.90. The molecule has 0 radical (unpaired) electrons. The highest BCUT2D eigenvalue weighted by Gasteiger charge is 2.40. The average Bonchev–Trinajstić information content (AvgIpc) is 3.47. The second-order valence-electron chi connectivity index (χ2n) is 8.26. The van der Waals surface area contributed by atoms with Crippen molar-refractivity contribution >= 4 is 12.2 Å². The third-order valence-electron chi connectivity index (χ3n) is 5.62. The number of hydrogen-bond acceptors (Lipinski definition) is 6. The van der Waals surface area contributed by atoms with Crippen LogP contribution in [-0.2, 0) is 20.7 Å². The van der Waals surface area contributed by atoms with E-state index in [1.54, 1.807) is 0 Å². The molecule has 2 aliphatic heterocycles. The summed E-state index contributed by atoms with van der Waals surface area (Å²) in [5.74, 6) is 0.793. The van der Waals surface area contributed by atoms with E-state index >= 15 is 0 Å². The molecule has 1 aliphatic carbocycles. The van der Waals surface area contributed by atoms with Crippen LogP contribution >= 0.6 is 0 Å². The normalized spacial score (nSPS) is 21.2. The number of aromatic nitrogens is 2. The summed E-state index contributed by atoms with van der Waals surface area (Å²) in [5, 5.41) is 8.03. The molecule has 1 atom stereocenters. The van der Waals surface area contributed by atoms with E-state index in [-0.39, 0.29) is 19.8 Å². The maximum atomic E-state index is 14.5. The third kappa shape index (κ3) is 4.43. The fourth-order valence-corrected chi connectivity index (χ4v) is 3.73. The second-order valence-corrected chi connectivity index (χ2v) is 8.26. The van der Waals surface area contributed by atoms with Crippen LogP contribution in [0.15, 0.2) is 24.5 Å². The van der Waals surface area contributed by atoms with Gasteiger partial charge in [0.15, 0.2) is 5.67 Å². The number of alkyl halides is 1. The average molecular weight is 417 g/mol. The van der Waals surface area contributed by atoms with Gasteiger partial charge in [-0.25, -0.2) is 4.39 Å². The molecule has 7 nitrogen and oxygen atoms in total. The molecular weight excluding hydrogens is 389 g/mol. The van der Waals surface area contributed by atoms with Gasteiger partial charge in [0.05, 0.1) is 32.6 Å². The summed E-state index contributed by atoms with van der Waals surface area (Å²) in [7, 11) is 1.31. The number of ether oxygens (including phenoxy) is 3. The zero-order valence-electron chi connectivity index (χ0n) is 17.4. The van der Waals surface area contributed by atoms with Crippen molar-refractivity contribution in [2.24, 2.45) is 0 Å². The van der Waals surface area contributed by atoms with Gasteiger partial charge in [0.1, 0.15) is 12.4 Å². The standard InChI is InChI=1S/C20H24FN3O2.C2H4O2/c1-13-2-5-17-18(23-13)7-6-16(14-8-22-24(9-14)15-3-4-15)19(17)26-12-20(21)10-25-11-20;1-4-2-3/h6-9,13,15,23H,2-5,10-12H2,1H3;2H,1H3/t13-;/m0./s1. The van der Waals surface area contributed by atoms with Gasteiger partial charge >= 0.3 is 0 Å². The second kappa shape index (κ2) is 8.63. The van der Waals surface area contributed by atoms with Crippen molar-refractivity contribution in [1.29, 1.82) is 0 Å². The molecule has 1 saturated carbocycles. The molecule has 3 aliphatic rings. The van der Waals surface area contributed by atoms with Gasteiger partial charge in [-0.1, -0.05) is 0 Å². The zero-order valence-corrected chi connectivity index (χ0v) is 17.4. The van der Waals surface area contributed by atoms with Crippen LogP contribution < -0.4 is 10.1 Å². The molecule has 30 heavy (non-hydrogen) atoms. The quantitative estimate of drug-likeness (QED) is 0.725. The molecule has 0 bridgehead atoms. The molecule has 162 valence electrons. The molecule has 5 rings (SSSR count). The molecule has 1 saturated heterocycles. The molecule has 0 spiro atoms. The highest BCUT2D eigenvalue weighted by atomic mass is 19.1. The Morgan fingerprint density at radius 3 is 2.77 bits per heavy atom. The molecule has 3 heterocycles. The van der Waals surface area contributed by atoms with Crippen LogP contribution in [0.1, 0.15) is 37.8 Å². The van der Waals surface area contributed by atoms with Gasteiger partial charge in [-0.15, -0.1) is 0 Å². The van der Waals surface area contributed by atoms with Gasteiger partial charge < -0.3 is 19.5 Å². The summed E-state index contributed by atoms with van der Waals surface area (Å²) in [4.78, 5) is 8.95. The molecule has 2 fully saturated rings. The highest BCUT2D eigenvalue weighted by Crippen LogP contribution is 2.42. The van der Waals surface area contributed by atoms with Gasteiger partial charge in [-0.3, -0.25) is 9.48 Å². The molecule has 1 aromatic carbocycles. The van der Waals surface area contributed by atoms with E-state index in [4.69, 9.17) is 14.3 Å². The summed E-state index contributed by atoms with van der Waals surface area (Å²) in [6.45, 7) is 2.82. The van der Waals surface area contributed by atoms with Crippen LogP contribution in [0.25, 0.3) is 11.1 Å². The van der Waals surface area contributed by atoms with Gasteiger partial charge in [-0.05, 0) is 44.7 Å². The number of hydrogen-bond donors (Lipinski definition) is 1. The molecular formula is C22H28FN3O4. The van der Waals surface area contributed by atoms with Crippen molar-refractivity contribution in [2.45, 2.75) is 50.4 Å². The first-order chi connectivity index (χ1) is 14.5. The van der Waals surface area contributed by atoms with E-state index in [1.807, 2.05) is 10.9 Å². The topological polar surface area (TPSA) is 74.6 Å². The lowest BCUT2D eigenvalue weighted by molar-refractivity contribution is -0.146. The minimum absolute atomic E-state index is 0.0305. The Kier molecular flexibility index (Phi) is 5.94. The van der Waals surface area contributed by atoms with Crippen molar-refractivity contribution in [1.82, 2.24) is 9.78 Å². The van der Waals surface area contributed by atoms with Crippen LogP contribution in [0.5, 0.6) is 5.75 Å². The van der Waals surface area contributed by atoms with E-state index in [2.05, 4.69) is 40.4 Å². The van der Waals surface area contributed by atoms with Gasteiger partial charge in [0.2, 0.25) is 0 Å². The first-order valence-electron chi connectivity index (χ1n) is 10.4. The number of nitrogens with one attached hydrogen (secondary N) is 1. The Hall–Kier alpha value is -2.61. The van der Waals surface area contributed by atoms with E-state index in [1.165, 1.54) is 20.0 Å². The smallest absolute Gasteiger partial charge is 0.292 e. The van der Waals surface area contributed by atoms with E-state index < -0.39 is 5.67 Å². The molecule has 2 aromatic rings. The zero-order chi connectivity index (χ0) is 21.1. The highest BCUT2D eigenvalue weighted by molar-refractivity contribution is 5.77. The fourth-order valence-electron chi connectivity index (χ4n) is 3.73. The van der Waals surface area contributed by atoms with Crippen LogP contribution in [0.3, 0.4) is 0 Å². The Morgan fingerprint density at radius 2 is 2.13 bits per heavy atom. The summed E-state index contributed by atoms with van der Waals surface area (Å²) in [6.07, 6.45) is 8.34. The fraction of sp³-hybridized carbons (Fsp3) is 0.545. The maximum Gasteiger partial charge on any atom is 0.292 e. The van der Waals surface area contributed by atoms with Crippen LogP contribution in [0.2, 0.25) is 0 Å². The van der Waals surface area contributed by atoms with E-state index in [0.717, 1.165) is 41.0 Å². The SMILES string of the molecule is COC=O.C[C@H]1CCc2c(ccc(-c3cnn(C4CC4)c3)c2OCC2(F)COC2)N1. The maximum absolute atomic E-state index is 14.5. The monoisotopic (exact) mass is 417 g/mol. The minimum atomic E-state index is -1.37. The molecule has 1 aromatic heterocycles. The lowest BCUT2D eigenvalue weighted by Gasteiger charge is -2.34. The van der Waals surface area contributed by atoms with Crippen LogP contribution in [-0.4, -0.2) is 54.9 Å². The lowest BCUT2D eigenvalue weighted by atomic mass is 9.94. The summed E-state index contributed by atoms with van der Waals surface area (Å²) < 4.78 is 31.5. The predicted molar refractivity (Wildman–Crippen MR) is 111 cm³/mol. The number of nitrogens with zero attached hydrogens (tertiary/aromatic N) is 2. The Bertz CT molecular complexity index is 893. The molecule has 1 N–H and O–H groups in total. The third-order valence-corrected chi connectivity index (χ3v) is 5.62. The minimum Gasteiger partial charge on any atom is -0.489 e. The van der Waals surface area contributed by atoms with Gasteiger partial charge in [0.25, 0.3) is 6.47 Å². The van der Waals surface area contributed by atoms with Crippen molar-refractivity contribution in [3.05, 3.63) is 30.1 Å². The van der Waals surface area contributed by atoms with E-state index in [0.29, 0.717) is 18.6 Å². The summed E-state index contributed by atoms with van der Waals surface area (Å²) >= 11 is 0. The Balaban J connectivity index is 0.000000503. The van der Waals surface area contributed by atoms with Crippen molar-refractivity contribution in [3.8, 4) is 16.9 Å². The number of halogens is 1. The van der Waals surface area contributed by atoms with Crippen LogP contribution in [0, 0.1) is 0 Å². The molecule has 0 unspecified atom stereocenters. The number of benzene rings is 1. The number of anilines is 1. The summed E-state index contributed by atoms with van der Waals surface area (Å²) in [6, 6.07) is 5.15. The van der Waals surface area contributed by atoms with Crippen LogP contribution in [0.4, 0.5) is 10.1 Å². The van der Waals surface area contributed by atoms with Gasteiger partial charge in [0, 0.05) is 34.6 Å². The number of carbonyl (C=O) groups excluding carboxylic acids is 1. The van der Waals surface area contributed by atoms with Crippen molar-refractivity contribution in [3.63, 3.8) is 0 Å². The molecule has 0 amide bonds. The predicted octanol–water partition coefficient (Wildman–Crippen LogP) is 3.54. The van der Waals surface area contributed by atoms with Gasteiger partial charge in [-0.2, -0.15) is 5.10 Å². The van der Waals surface area contributed by atoms with Crippen molar-refractivity contribution < 1.29 is 23.4 Å². The number of methoxy groups -OCH3 is 1. The Labute approximate surface area is 175 Å². The first kappa shape index (κ1) is 20.7. The number of fused-ring (bicyclic) bond motifs is 1. The first-order valence-corrected chi connectivity index (χ1v) is 10.4. The lowest BCUT2D eigenvalue weighted by Crippen LogP contribution is -2.50. The van der Waals surface area contributed by atoms with Crippen molar-refractivity contribution in [2.75, 3.05) is 32.2 Å². The van der Waals surface area contributed by atoms with E-state index in [9.17, 15) is 4.39 Å². The molecule has 8 heteroatoms. The largest absolute Gasteiger partial charge is 0.489 e.